The molecule has 1 aromatic heterocycles. The van der Waals surface area contributed by atoms with Crippen LogP contribution >= 0.6 is 11.6 Å². The summed E-state index contributed by atoms with van der Waals surface area (Å²) < 4.78 is 16.2. The molecule has 7 nitrogen and oxygen atoms in total. The van der Waals surface area contributed by atoms with Gasteiger partial charge in [0.25, 0.3) is 0 Å². The average Bonchev–Trinajstić information content (AvgIpc) is 3.20. The molecule has 0 unspecified atom stereocenters. The molecule has 0 saturated carbocycles. The van der Waals surface area contributed by atoms with Gasteiger partial charge in [0.05, 0.1) is 37.6 Å². The average molecular weight is 415 g/mol. The standard InChI is InChI=1S/C21H19ClN2O5/c1-27-19-7-3-13(9-20(19)28-2)11-23-24-12-15-5-8-18(29-15)14-4-6-17(22)16(10-14)21(25)26/h3-10,12,23H,11H2,1-2H3,(H,25,26)/b24-12+. The zero-order valence-corrected chi connectivity index (χ0v) is 16.6. The predicted molar refractivity (Wildman–Crippen MR) is 110 cm³/mol. The SMILES string of the molecule is COc1ccc(CN/N=C/c2ccc(-c3ccc(Cl)c(C(=O)O)c3)o2)cc1OC. The highest BCUT2D eigenvalue weighted by Crippen LogP contribution is 2.28. The zero-order valence-electron chi connectivity index (χ0n) is 15.8. The van der Waals surface area contributed by atoms with Crippen molar-refractivity contribution in [2.75, 3.05) is 14.2 Å². The van der Waals surface area contributed by atoms with Crippen LogP contribution in [0.3, 0.4) is 0 Å². The summed E-state index contributed by atoms with van der Waals surface area (Å²) in [7, 11) is 3.17. The molecule has 0 aliphatic heterocycles. The lowest BCUT2D eigenvalue weighted by Gasteiger charge is -2.09. The van der Waals surface area contributed by atoms with E-state index in [9.17, 15) is 9.90 Å². The van der Waals surface area contributed by atoms with Crippen molar-refractivity contribution >= 4 is 23.8 Å². The molecule has 0 aliphatic rings. The molecule has 3 rings (SSSR count). The maximum atomic E-state index is 11.2. The molecule has 0 saturated heterocycles. The van der Waals surface area contributed by atoms with Gasteiger partial charge in [-0.15, -0.1) is 0 Å². The summed E-state index contributed by atoms with van der Waals surface area (Å²) in [5, 5.41) is 13.5. The van der Waals surface area contributed by atoms with Crippen LogP contribution in [0.1, 0.15) is 21.7 Å². The van der Waals surface area contributed by atoms with Crippen LogP contribution in [0.25, 0.3) is 11.3 Å². The minimum absolute atomic E-state index is 0.0207. The first-order valence-electron chi connectivity index (χ1n) is 8.61. The second-order valence-corrected chi connectivity index (χ2v) is 6.39. The minimum Gasteiger partial charge on any atom is -0.493 e. The van der Waals surface area contributed by atoms with Gasteiger partial charge in [0.2, 0.25) is 0 Å². The molecule has 150 valence electrons. The Morgan fingerprint density at radius 3 is 2.66 bits per heavy atom. The molecule has 2 aromatic carbocycles. The van der Waals surface area contributed by atoms with Crippen molar-refractivity contribution in [3.63, 3.8) is 0 Å². The molecule has 1 heterocycles. The summed E-state index contributed by atoms with van der Waals surface area (Å²) in [6.07, 6.45) is 1.54. The topological polar surface area (TPSA) is 93.3 Å². The summed E-state index contributed by atoms with van der Waals surface area (Å²) in [4.78, 5) is 11.2. The van der Waals surface area contributed by atoms with E-state index in [4.69, 9.17) is 25.5 Å². The van der Waals surface area contributed by atoms with Gasteiger partial charge >= 0.3 is 5.97 Å². The molecule has 2 N–H and O–H groups in total. The number of ether oxygens (including phenoxy) is 2. The fraction of sp³-hybridized carbons (Fsp3) is 0.143. The first-order valence-corrected chi connectivity index (χ1v) is 8.99. The van der Waals surface area contributed by atoms with Crippen molar-refractivity contribution in [2.45, 2.75) is 6.54 Å². The number of carboxylic acid groups (broad SMARTS) is 1. The fourth-order valence-electron chi connectivity index (χ4n) is 2.66. The normalized spacial score (nSPS) is 10.9. The monoisotopic (exact) mass is 414 g/mol. The van der Waals surface area contributed by atoms with E-state index in [2.05, 4.69) is 10.5 Å². The Balaban J connectivity index is 1.64. The van der Waals surface area contributed by atoms with Crippen molar-refractivity contribution < 1.29 is 23.8 Å². The number of hydrogen-bond acceptors (Lipinski definition) is 6. The zero-order chi connectivity index (χ0) is 20.8. The highest BCUT2D eigenvalue weighted by atomic mass is 35.5. The Kier molecular flexibility index (Phi) is 6.41. The smallest absolute Gasteiger partial charge is 0.337 e. The van der Waals surface area contributed by atoms with Gasteiger partial charge in [0, 0.05) is 5.56 Å². The largest absolute Gasteiger partial charge is 0.493 e. The van der Waals surface area contributed by atoms with Gasteiger partial charge in [0.15, 0.2) is 11.5 Å². The lowest BCUT2D eigenvalue weighted by atomic mass is 10.1. The fourth-order valence-corrected chi connectivity index (χ4v) is 2.85. The Morgan fingerprint density at radius 1 is 1.14 bits per heavy atom. The third-order valence-electron chi connectivity index (χ3n) is 4.12. The van der Waals surface area contributed by atoms with E-state index in [0.717, 1.165) is 5.56 Å². The van der Waals surface area contributed by atoms with Crippen molar-refractivity contribution in [1.82, 2.24) is 5.43 Å². The van der Waals surface area contributed by atoms with Crippen LogP contribution in [-0.2, 0) is 6.54 Å². The summed E-state index contributed by atoms with van der Waals surface area (Å²) in [5.41, 5.74) is 4.55. The van der Waals surface area contributed by atoms with Crippen LogP contribution in [0.5, 0.6) is 11.5 Å². The van der Waals surface area contributed by atoms with E-state index < -0.39 is 5.97 Å². The maximum absolute atomic E-state index is 11.2. The van der Waals surface area contributed by atoms with Crippen molar-refractivity contribution in [3.05, 3.63) is 70.4 Å². The van der Waals surface area contributed by atoms with Gasteiger partial charge in [-0.3, -0.25) is 0 Å². The van der Waals surface area contributed by atoms with Gasteiger partial charge in [-0.2, -0.15) is 5.10 Å². The van der Waals surface area contributed by atoms with Crippen molar-refractivity contribution in [3.8, 4) is 22.8 Å². The van der Waals surface area contributed by atoms with Crippen LogP contribution in [0, 0.1) is 0 Å². The molecular weight excluding hydrogens is 396 g/mol. The summed E-state index contributed by atoms with van der Waals surface area (Å²) in [6, 6.07) is 13.8. The number of furan rings is 1. The second kappa shape index (κ2) is 9.16. The number of nitrogens with one attached hydrogen (secondary N) is 1. The Hall–Kier alpha value is -3.45. The van der Waals surface area contributed by atoms with E-state index in [1.54, 1.807) is 32.4 Å². The van der Waals surface area contributed by atoms with Gasteiger partial charge in [-0.25, -0.2) is 4.79 Å². The third-order valence-corrected chi connectivity index (χ3v) is 4.45. The number of benzene rings is 2. The Bertz CT molecular complexity index is 1050. The van der Waals surface area contributed by atoms with Crippen LogP contribution in [-0.4, -0.2) is 31.5 Å². The molecule has 29 heavy (non-hydrogen) atoms. The Labute approximate surface area is 172 Å². The van der Waals surface area contributed by atoms with Crippen LogP contribution in [0.2, 0.25) is 5.02 Å². The first kappa shape index (κ1) is 20.3. The van der Waals surface area contributed by atoms with Crippen LogP contribution in [0.4, 0.5) is 0 Å². The van der Waals surface area contributed by atoms with Crippen LogP contribution < -0.4 is 14.9 Å². The van der Waals surface area contributed by atoms with E-state index in [1.807, 2.05) is 18.2 Å². The first-order chi connectivity index (χ1) is 14.0. The molecule has 0 atom stereocenters. The number of carboxylic acids is 1. The number of nitrogens with zero attached hydrogens (tertiary/aromatic N) is 1. The van der Waals surface area contributed by atoms with E-state index in [-0.39, 0.29) is 10.6 Å². The lowest BCUT2D eigenvalue weighted by molar-refractivity contribution is 0.0697. The highest BCUT2D eigenvalue weighted by molar-refractivity contribution is 6.33. The second-order valence-electron chi connectivity index (χ2n) is 5.98. The quantitative estimate of drug-likeness (QED) is 0.418. The molecule has 0 fully saturated rings. The number of halogens is 1. The molecular formula is C21H19ClN2O5. The van der Waals surface area contributed by atoms with E-state index in [0.29, 0.717) is 35.1 Å². The summed E-state index contributed by atoms with van der Waals surface area (Å²) in [6.45, 7) is 0.490. The number of hydrogen-bond donors (Lipinski definition) is 2. The maximum Gasteiger partial charge on any atom is 0.337 e. The van der Waals surface area contributed by atoms with E-state index >= 15 is 0 Å². The van der Waals surface area contributed by atoms with E-state index in [1.165, 1.54) is 18.3 Å². The van der Waals surface area contributed by atoms with Crippen molar-refractivity contribution in [1.29, 1.82) is 0 Å². The third kappa shape index (κ3) is 4.89. The molecule has 0 aliphatic carbocycles. The number of methoxy groups -OCH3 is 2. The van der Waals surface area contributed by atoms with Gasteiger partial charge < -0.3 is 24.4 Å². The van der Waals surface area contributed by atoms with Crippen LogP contribution in [0.15, 0.2) is 58.0 Å². The molecule has 3 aromatic rings. The minimum atomic E-state index is -1.09. The number of hydrazone groups is 1. The lowest BCUT2D eigenvalue weighted by Crippen LogP contribution is -2.05. The number of aromatic carboxylic acids is 1. The predicted octanol–water partition coefficient (Wildman–Crippen LogP) is 4.44. The molecule has 8 heteroatoms. The molecule has 0 bridgehead atoms. The molecule has 0 amide bonds. The van der Waals surface area contributed by atoms with Gasteiger partial charge in [-0.05, 0) is 48.0 Å². The van der Waals surface area contributed by atoms with Gasteiger partial charge in [-0.1, -0.05) is 17.7 Å². The van der Waals surface area contributed by atoms with Gasteiger partial charge in [0.1, 0.15) is 11.5 Å². The molecule has 0 spiro atoms. The molecule has 0 radical (unpaired) electrons. The highest BCUT2D eigenvalue weighted by Gasteiger charge is 2.12. The number of carbonyl (C=O) groups is 1. The van der Waals surface area contributed by atoms with Crippen molar-refractivity contribution in [2.24, 2.45) is 5.10 Å². The summed E-state index contributed by atoms with van der Waals surface area (Å²) >= 11 is 5.90. The number of rotatable bonds is 8. The summed E-state index contributed by atoms with van der Waals surface area (Å²) in [5.74, 6) is 1.26. The Morgan fingerprint density at radius 2 is 1.93 bits per heavy atom.